The Kier molecular flexibility index (Phi) is 4.33. The van der Waals surface area contributed by atoms with Crippen LogP contribution in [0.2, 0.25) is 0 Å². The van der Waals surface area contributed by atoms with E-state index < -0.39 is 12.1 Å². The summed E-state index contributed by atoms with van der Waals surface area (Å²) in [4.78, 5) is 21.5. The van der Waals surface area contributed by atoms with Crippen LogP contribution in [-0.2, 0) is 14.3 Å². The van der Waals surface area contributed by atoms with Crippen molar-refractivity contribution in [1.29, 1.82) is 0 Å². The van der Waals surface area contributed by atoms with Crippen molar-refractivity contribution in [3.05, 3.63) is 0 Å². The molecule has 0 radical (unpaired) electrons. The van der Waals surface area contributed by atoms with Gasteiger partial charge in [0.2, 0.25) is 0 Å². The molecule has 1 amide bonds. The molecule has 0 aromatic rings. The molecule has 0 heterocycles. The Hall–Kier alpha value is -1.06. The number of carbonyl (C=O) groups excluding carboxylic acids is 2. The molecule has 0 saturated carbocycles. The van der Waals surface area contributed by atoms with E-state index in [1.54, 1.807) is 6.92 Å². The summed E-state index contributed by atoms with van der Waals surface area (Å²) in [5.41, 5.74) is 0. The molecular weight excluding hydrogens is 158 g/mol. The minimum absolute atomic E-state index is 0.0653. The minimum Gasteiger partial charge on any atom is -0.453 e. The number of nitrogens with one attached hydrogen (secondary N) is 1. The molecule has 1 unspecified atom stereocenters. The van der Waals surface area contributed by atoms with E-state index in [-0.39, 0.29) is 11.9 Å². The summed E-state index contributed by atoms with van der Waals surface area (Å²) in [7, 11) is 0. The molecule has 0 rings (SSSR count). The first-order valence-electron chi connectivity index (χ1n) is 3.91. The highest BCUT2D eigenvalue weighted by Gasteiger charge is 2.15. The maximum absolute atomic E-state index is 11.1. The summed E-state index contributed by atoms with van der Waals surface area (Å²) in [6.45, 7) is 6.51. The van der Waals surface area contributed by atoms with Gasteiger partial charge in [-0.2, -0.15) is 0 Å². The van der Waals surface area contributed by atoms with Gasteiger partial charge < -0.3 is 10.1 Å². The van der Waals surface area contributed by atoms with E-state index in [1.165, 1.54) is 6.92 Å². The average Bonchev–Trinajstić information content (AvgIpc) is 1.84. The molecule has 0 spiro atoms. The van der Waals surface area contributed by atoms with Crippen LogP contribution >= 0.6 is 0 Å². The van der Waals surface area contributed by atoms with Gasteiger partial charge in [-0.25, -0.2) is 0 Å². The Morgan fingerprint density at radius 3 is 2.08 bits per heavy atom. The third-order valence-corrected chi connectivity index (χ3v) is 1.14. The van der Waals surface area contributed by atoms with E-state index in [0.717, 1.165) is 0 Å². The average molecular weight is 173 g/mol. The molecule has 70 valence electrons. The van der Waals surface area contributed by atoms with E-state index in [9.17, 15) is 9.59 Å². The van der Waals surface area contributed by atoms with Gasteiger partial charge >= 0.3 is 5.97 Å². The van der Waals surface area contributed by atoms with Crippen molar-refractivity contribution in [2.24, 2.45) is 0 Å². The van der Waals surface area contributed by atoms with Crippen molar-refractivity contribution >= 4 is 11.9 Å². The van der Waals surface area contributed by atoms with Crippen LogP contribution < -0.4 is 5.32 Å². The van der Waals surface area contributed by atoms with Gasteiger partial charge in [0.15, 0.2) is 6.10 Å². The molecule has 4 heteroatoms. The molecule has 12 heavy (non-hydrogen) atoms. The lowest BCUT2D eigenvalue weighted by atomic mass is 10.3. The van der Waals surface area contributed by atoms with Crippen LogP contribution in [0.3, 0.4) is 0 Å². The number of ether oxygens (including phenoxy) is 1. The Bertz CT molecular complexity index is 177. The molecule has 0 fully saturated rings. The van der Waals surface area contributed by atoms with Crippen molar-refractivity contribution in [1.82, 2.24) is 5.32 Å². The summed E-state index contributed by atoms with van der Waals surface area (Å²) in [5.74, 6) is -0.707. The zero-order valence-corrected chi connectivity index (χ0v) is 7.88. The van der Waals surface area contributed by atoms with E-state index >= 15 is 0 Å². The number of esters is 1. The van der Waals surface area contributed by atoms with Crippen LogP contribution in [0.15, 0.2) is 0 Å². The standard InChI is InChI=1S/C8H15NO3/c1-5(2)9-8(11)6(3)12-7(4)10/h5-6H,1-4H3,(H,9,11). The number of hydrogen-bond donors (Lipinski definition) is 1. The molecule has 1 N–H and O–H groups in total. The highest BCUT2D eigenvalue weighted by molar-refractivity contribution is 5.83. The van der Waals surface area contributed by atoms with Crippen LogP contribution in [-0.4, -0.2) is 24.0 Å². The molecule has 0 aromatic carbocycles. The van der Waals surface area contributed by atoms with Gasteiger partial charge in [-0.1, -0.05) is 0 Å². The summed E-state index contributed by atoms with van der Waals surface area (Å²) in [6, 6.07) is 0.0653. The minimum atomic E-state index is -0.704. The van der Waals surface area contributed by atoms with Crippen LogP contribution in [0.25, 0.3) is 0 Å². The van der Waals surface area contributed by atoms with Gasteiger partial charge in [-0.3, -0.25) is 9.59 Å². The number of carbonyl (C=O) groups is 2. The van der Waals surface area contributed by atoms with E-state index in [1.807, 2.05) is 13.8 Å². The first-order valence-corrected chi connectivity index (χ1v) is 3.91. The zero-order chi connectivity index (χ0) is 9.72. The Balaban J connectivity index is 3.85. The molecule has 0 aliphatic carbocycles. The summed E-state index contributed by atoms with van der Waals surface area (Å²) in [6.07, 6.45) is -0.704. The van der Waals surface area contributed by atoms with Crippen molar-refractivity contribution in [3.63, 3.8) is 0 Å². The van der Waals surface area contributed by atoms with Crippen LogP contribution in [0.1, 0.15) is 27.7 Å². The van der Waals surface area contributed by atoms with Crippen molar-refractivity contribution in [2.75, 3.05) is 0 Å². The number of rotatable bonds is 3. The summed E-state index contributed by atoms with van der Waals surface area (Å²) < 4.78 is 4.66. The molecule has 0 bridgehead atoms. The van der Waals surface area contributed by atoms with Gasteiger partial charge in [0, 0.05) is 13.0 Å². The molecule has 0 aromatic heterocycles. The van der Waals surface area contributed by atoms with Gasteiger partial charge in [-0.05, 0) is 20.8 Å². The Labute approximate surface area is 72.3 Å². The van der Waals surface area contributed by atoms with E-state index in [4.69, 9.17) is 0 Å². The first-order chi connectivity index (χ1) is 5.43. The molecule has 0 aliphatic rings. The maximum atomic E-state index is 11.1. The van der Waals surface area contributed by atoms with Crippen molar-refractivity contribution in [2.45, 2.75) is 39.8 Å². The van der Waals surface area contributed by atoms with E-state index in [2.05, 4.69) is 10.1 Å². The van der Waals surface area contributed by atoms with Crippen molar-refractivity contribution in [3.8, 4) is 0 Å². The van der Waals surface area contributed by atoms with Crippen molar-refractivity contribution < 1.29 is 14.3 Å². The number of amides is 1. The molecule has 0 aliphatic heterocycles. The predicted octanol–water partition coefficient (Wildman–Crippen LogP) is 0.463. The molecule has 4 nitrogen and oxygen atoms in total. The van der Waals surface area contributed by atoms with Crippen LogP contribution in [0.5, 0.6) is 0 Å². The molecular formula is C8H15NO3. The second-order valence-electron chi connectivity index (χ2n) is 2.91. The lowest BCUT2D eigenvalue weighted by Gasteiger charge is -2.13. The topological polar surface area (TPSA) is 55.4 Å². The van der Waals surface area contributed by atoms with E-state index in [0.29, 0.717) is 0 Å². The third kappa shape index (κ3) is 4.71. The SMILES string of the molecule is CC(=O)OC(C)C(=O)NC(C)C. The van der Waals surface area contributed by atoms with Gasteiger partial charge in [-0.15, -0.1) is 0 Å². The normalized spacial score (nSPS) is 12.4. The summed E-state index contributed by atoms with van der Waals surface area (Å²) in [5, 5.41) is 2.63. The predicted molar refractivity (Wildman–Crippen MR) is 44.5 cm³/mol. The Morgan fingerprint density at radius 2 is 1.75 bits per heavy atom. The monoisotopic (exact) mass is 173 g/mol. The van der Waals surface area contributed by atoms with Crippen LogP contribution in [0.4, 0.5) is 0 Å². The quantitative estimate of drug-likeness (QED) is 0.631. The second kappa shape index (κ2) is 4.74. The fourth-order valence-electron chi connectivity index (χ4n) is 0.704. The Morgan fingerprint density at radius 1 is 1.25 bits per heavy atom. The zero-order valence-electron chi connectivity index (χ0n) is 7.88. The first kappa shape index (κ1) is 10.9. The fraction of sp³-hybridized carbons (Fsp3) is 0.750. The summed E-state index contributed by atoms with van der Waals surface area (Å²) >= 11 is 0. The second-order valence-corrected chi connectivity index (χ2v) is 2.91. The highest BCUT2D eigenvalue weighted by Crippen LogP contribution is 1.92. The lowest BCUT2D eigenvalue weighted by molar-refractivity contribution is -0.152. The molecule has 0 saturated heterocycles. The maximum Gasteiger partial charge on any atom is 0.303 e. The van der Waals surface area contributed by atoms with Crippen LogP contribution in [0, 0.1) is 0 Å². The highest BCUT2D eigenvalue weighted by atomic mass is 16.5. The fourth-order valence-corrected chi connectivity index (χ4v) is 0.704. The number of hydrogen-bond acceptors (Lipinski definition) is 3. The van der Waals surface area contributed by atoms with Gasteiger partial charge in [0.1, 0.15) is 0 Å². The van der Waals surface area contributed by atoms with Gasteiger partial charge in [0.05, 0.1) is 0 Å². The lowest BCUT2D eigenvalue weighted by Crippen LogP contribution is -2.39. The molecule has 1 atom stereocenters. The van der Waals surface area contributed by atoms with Gasteiger partial charge in [0.25, 0.3) is 5.91 Å². The smallest absolute Gasteiger partial charge is 0.303 e. The third-order valence-electron chi connectivity index (χ3n) is 1.14. The largest absolute Gasteiger partial charge is 0.453 e.